The first-order valence-corrected chi connectivity index (χ1v) is 7.18. The van der Waals surface area contributed by atoms with Crippen LogP contribution in [0.15, 0.2) is 18.2 Å². The van der Waals surface area contributed by atoms with Crippen molar-refractivity contribution in [2.45, 2.75) is 32.2 Å². The molecule has 1 aromatic carbocycles. The molecule has 3 rings (SSSR count). The molecule has 0 saturated heterocycles. The molecule has 0 saturated carbocycles. The average Bonchev–Trinajstić information content (AvgIpc) is 2.75. The molecule has 0 N–H and O–H groups in total. The van der Waals surface area contributed by atoms with E-state index in [1.54, 1.807) is 0 Å². The van der Waals surface area contributed by atoms with E-state index in [0.717, 1.165) is 50.2 Å². The van der Waals surface area contributed by atoms with Gasteiger partial charge in [-0.1, -0.05) is 6.42 Å². The lowest BCUT2D eigenvalue weighted by Gasteiger charge is -2.06. The number of rotatable bonds is 2. The van der Waals surface area contributed by atoms with Gasteiger partial charge in [-0.3, -0.25) is 0 Å². The van der Waals surface area contributed by atoms with Crippen LogP contribution >= 0.6 is 0 Å². The van der Waals surface area contributed by atoms with Crippen molar-refractivity contribution in [2.24, 2.45) is 0 Å². The zero-order chi connectivity index (χ0) is 15.5. The molecule has 0 unspecified atom stereocenters. The quantitative estimate of drug-likeness (QED) is 0.799. The number of fused-ring (bicyclic) bond motifs is 1. The minimum Gasteiger partial charge on any atom is -0.310 e. The van der Waals surface area contributed by atoms with Crippen LogP contribution in [0.4, 0.5) is 8.78 Å². The van der Waals surface area contributed by atoms with Crippen LogP contribution in [0.25, 0.3) is 11.6 Å². The molecule has 1 aliphatic heterocycles. The van der Waals surface area contributed by atoms with Crippen LogP contribution in [-0.2, 0) is 13.0 Å². The summed E-state index contributed by atoms with van der Waals surface area (Å²) >= 11 is 0. The van der Waals surface area contributed by atoms with Gasteiger partial charge in [0.2, 0.25) is 0 Å². The molecule has 6 heteroatoms. The van der Waals surface area contributed by atoms with Crippen molar-refractivity contribution in [1.29, 1.82) is 5.26 Å². The van der Waals surface area contributed by atoms with Crippen molar-refractivity contribution in [3.05, 3.63) is 47.0 Å². The molecule has 112 valence electrons. The first-order valence-electron chi connectivity index (χ1n) is 7.18. The normalized spacial score (nSPS) is 15.0. The predicted molar refractivity (Wildman–Crippen MR) is 77.4 cm³/mol. The van der Waals surface area contributed by atoms with Gasteiger partial charge in [0, 0.05) is 24.6 Å². The molecule has 0 spiro atoms. The van der Waals surface area contributed by atoms with Crippen LogP contribution in [0.3, 0.4) is 0 Å². The van der Waals surface area contributed by atoms with Crippen LogP contribution < -0.4 is 0 Å². The van der Waals surface area contributed by atoms with Gasteiger partial charge in [0.1, 0.15) is 23.5 Å². The van der Waals surface area contributed by atoms with Gasteiger partial charge in [-0.2, -0.15) is 5.26 Å². The molecule has 0 bridgehead atoms. The van der Waals surface area contributed by atoms with Gasteiger partial charge in [0.15, 0.2) is 5.82 Å². The highest BCUT2D eigenvalue weighted by atomic mass is 19.1. The third kappa shape index (κ3) is 2.75. The van der Waals surface area contributed by atoms with Gasteiger partial charge >= 0.3 is 0 Å². The summed E-state index contributed by atoms with van der Waals surface area (Å²) in [4.78, 5) is 0. The Morgan fingerprint density at radius 2 is 2.09 bits per heavy atom. The Kier molecular flexibility index (Phi) is 3.96. The van der Waals surface area contributed by atoms with Gasteiger partial charge in [0.05, 0.1) is 5.57 Å². The van der Waals surface area contributed by atoms with E-state index in [1.165, 1.54) is 12.1 Å². The van der Waals surface area contributed by atoms with Crippen molar-refractivity contribution < 1.29 is 8.78 Å². The zero-order valence-electron chi connectivity index (χ0n) is 11.9. The fourth-order valence-corrected chi connectivity index (χ4v) is 2.61. The predicted octanol–water partition coefficient (Wildman–Crippen LogP) is 3.35. The molecular weight excluding hydrogens is 286 g/mol. The highest BCUT2D eigenvalue weighted by Gasteiger charge is 2.18. The second-order valence-corrected chi connectivity index (χ2v) is 5.24. The second kappa shape index (κ2) is 6.06. The van der Waals surface area contributed by atoms with Crippen LogP contribution in [0, 0.1) is 23.0 Å². The maximum atomic E-state index is 13.8. The molecule has 0 radical (unpaired) electrons. The SMILES string of the molecule is N#C/C(=C/c1ccc(F)cc1F)c1nnc2n1CCCCC2. The van der Waals surface area contributed by atoms with Gasteiger partial charge < -0.3 is 4.57 Å². The third-order valence-corrected chi connectivity index (χ3v) is 3.73. The van der Waals surface area contributed by atoms with E-state index in [9.17, 15) is 14.0 Å². The molecule has 0 amide bonds. The second-order valence-electron chi connectivity index (χ2n) is 5.24. The molecule has 2 heterocycles. The fraction of sp³-hybridized carbons (Fsp3) is 0.312. The zero-order valence-corrected chi connectivity index (χ0v) is 11.9. The largest absolute Gasteiger partial charge is 0.310 e. The number of aryl methyl sites for hydroxylation is 1. The number of nitrogens with zero attached hydrogens (tertiary/aromatic N) is 4. The first-order chi connectivity index (χ1) is 10.7. The summed E-state index contributed by atoms with van der Waals surface area (Å²) < 4.78 is 28.6. The van der Waals surface area contributed by atoms with Crippen molar-refractivity contribution in [3.8, 4) is 6.07 Å². The van der Waals surface area contributed by atoms with Gasteiger partial charge in [-0.25, -0.2) is 8.78 Å². The minimum absolute atomic E-state index is 0.156. The first kappa shape index (κ1) is 14.4. The minimum atomic E-state index is -0.705. The summed E-state index contributed by atoms with van der Waals surface area (Å²) in [7, 11) is 0. The van der Waals surface area contributed by atoms with E-state index in [1.807, 2.05) is 10.6 Å². The van der Waals surface area contributed by atoms with E-state index in [2.05, 4.69) is 10.2 Å². The van der Waals surface area contributed by atoms with Crippen LogP contribution in [0.5, 0.6) is 0 Å². The molecule has 1 aliphatic rings. The van der Waals surface area contributed by atoms with Crippen LogP contribution in [0.2, 0.25) is 0 Å². The number of nitriles is 1. The Morgan fingerprint density at radius 3 is 2.86 bits per heavy atom. The smallest absolute Gasteiger partial charge is 0.174 e. The summed E-state index contributed by atoms with van der Waals surface area (Å²) in [6.45, 7) is 0.753. The Hall–Kier alpha value is -2.55. The molecule has 1 aromatic heterocycles. The summed E-state index contributed by atoms with van der Waals surface area (Å²) in [5.74, 6) is -0.0517. The number of hydrogen-bond acceptors (Lipinski definition) is 3. The van der Waals surface area contributed by atoms with Gasteiger partial charge in [0.25, 0.3) is 0 Å². The summed E-state index contributed by atoms with van der Waals surface area (Å²) in [5, 5.41) is 17.6. The molecule has 0 atom stereocenters. The highest BCUT2D eigenvalue weighted by molar-refractivity contribution is 5.87. The molecule has 0 fully saturated rings. The topological polar surface area (TPSA) is 54.5 Å². The van der Waals surface area contributed by atoms with E-state index in [0.29, 0.717) is 5.82 Å². The highest BCUT2D eigenvalue weighted by Crippen LogP contribution is 2.22. The maximum Gasteiger partial charge on any atom is 0.174 e. The monoisotopic (exact) mass is 300 g/mol. The Bertz CT molecular complexity index is 771. The summed E-state index contributed by atoms with van der Waals surface area (Å²) in [6.07, 6.45) is 5.38. The van der Waals surface area contributed by atoms with Crippen molar-refractivity contribution >= 4 is 11.6 Å². The Balaban J connectivity index is 2.03. The van der Waals surface area contributed by atoms with E-state index >= 15 is 0 Å². The number of benzene rings is 1. The Labute approximate surface area is 126 Å². The van der Waals surface area contributed by atoms with Gasteiger partial charge in [-0.15, -0.1) is 10.2 Å². The van der Waals surface area contributed by atoms with Crippen molar-refractivity contribution in [2.75, 3.05) is 0 Å². The molecule has 2 aromatic rings. The third-order valence-electron chi connectivity index (χ3n) is 3.73. The summed E-state index contributed by atoms with van der Waals surface area (Å²) in [6, 6.07) is 5.31. The molecule has 0 aliphatic carbocycles. The molecule has 4 nitrogen and oxygen atoms in total. The molecular formula is C16H14F2N4. The van der Waals surface area contributed by atoms with Crippen LogP contribution in [0.1, 0.15) is 36.5 Å². The number of hydrogen-bond donors (Lipinski definition) is 0. The molecule has 22 heavy (non-hydrogen) atoms. The average molecular weight is 300 g/mol. The van der Waals surface area contributed by atoms with E-state index in [-0.39, 0.29) is 11.1 Å². The van der Waals surface area contributed by atoms with Gasteiger partial charge in [-0.05, 0) is 31.1 Å². The lowest BCUT2D eigenvalue weighted by atomic mass is 10.1. The standard InChI is InChI=1S/C16H14F2N4/c17-13-6-5-11(14(18)9-13)8-12(10-19)16-21-20-15-4-2-1-3-7-22(15)16/h5-6,8-9H,1-4,7H2/b12-8-. The number of halogens is 2. The van der Waals surface area contributed by atoms with Crippen LogP contribution in [-0.4, -0.2) is 14.8 Å². The summed E-state index contributed by atoms with van der Waals surface area (Å²) in [5.41, 5.74) is 0.384. The number of allylic oxidation sites excluding steroid dienone is 1. The number of aromatic nitrogens is 3. The maximum absolute atomic E-state index is 13.8. The Morgan fingerprint density at radius 1 is 1.23 bits per heavy atom. The van der Waals surface area contributed by atoms with Crippen molar-refractivity contribution in [3.63, 3.8) is 0 Å². The van der Waals surface area contributed by atoms with E-state index in [4.69, 9.17) is 0 Å². The lowest BCUT2D eigenvalue weighted by molar-refractivity contribution is 0.581. The fourth-order valence-electron chi connectivity index (χ4n) is 2.61. The van der Waals surface area contributed by atoms with Crippen molar-refractivity contribution in [1.82, 2.24) is 14.8 Å². The van der Waals surface area contributed by atoms with E-state index < -0.39 is 11.6 Å². The lowest BCUT2D eigenvalue weighted by Crippen LogP contribution is -2.05.